The number of anilines is 3. The Bertz CT molecular complexity index is 1190. The second-order valence-corrected chi connectivity index (χ2v) is 8.37. The topological polar surface area (TPSA) is 136 Å². The van der Waals surface area contributed by atoms with Gasteiger partial charge in [-0.15, -0.1) is 0 Å². The molecule has 1 aliphatic heterocycles. The highest BCUT2D eigenvalue weighted by Gasteiger charge is 2.40. The molecule has 0 spiro atoms. The summed E-state index contributed by atoms with van der Waals surface area (Å²) in [6, 6.07) is 3.34. The van der Waals surface area contributed by atoms with E-state index in [0.717, 1.165) is 12.4 Å². The zero-order chi connectivity index (χ0) is 24.5. The van der Waals surface area contributed by atoms with E-state index < -0.39 is 23.5 Å². The number of halogens is 3. The molecule has 178 valence electrons. The lowest BCUT2D eigenvalue weighted by atomic mass is 9.90. The van der Waals surface area contributed by atoms with Gasteiger partial charge in [-0.05, 0) is 31.9 Å². The van der Waals surface area contributed by atoms with Crippen molar-refractivity contribution < 1.29 is 18.0 Å². The Morgan fingerprint density at radius 3 is 2.50 bits per heavy atom. The molecule has 9 nitrogen and oxygen atoms in total. The molecule has 0 atom stereocenters. The molecule has 0 saturated carbocycles. The zero-order valence-corrected chi connectivity index (χ0v) is 18.3. The van der Waals surface area contributed by atoms with Crippen LogP contribution in [0.3, 0.4) is 0 Å². The smallest absolute Gasteiger partial charge is 0.397 e. The summed E-state index contributed by atoms with van der Waals surface area (Å²) >= 11 is 0. The highest BCUT2D eigenvalue weighted by Crippen LogP contribution is 2.45. The Morgan fingerprint density at radius 2 is 1.85 bits per heavy atom. The maximum atomic E-state index is 14.4. The van der Waals surface area contributed by atoms with Gasteiger partial charge in [-0.25, -0.2) is 9.97 Å². The van der Waals surface area contributed by atoms with Crippen molar-refractivity contribution in [2.45, 2.75) is 31.5 Å². The van der Waals surface area contributed by atoms with Crippen LogP contribution in [-0.4, -0.2) is 44.5 Å². The first-order chi connectivity index (χ1) is 16.1. The van der Waals surface area contributed by atoms with E-state index >= 15 is 0 Å². The molecular formula is C22H23F3N8O. The number of aromatic nitrogens is 4. The van der Waals surface area contributed by atoms with Gasteiger partial charge in [-0.3, -0.25) is 14.8 Å². The summed E-state index contributed by atoms with van der Waals surface area (Å²) in [5.74, 6) is -1.58. The summed E-state index contributed by atoms with van der Waals surface area (Å²) in [6.07, 6.45) is 2.64. The summed E-state index contributed by atoms with van der Waals surface area (Å²) in [5.41, 5.74) is 10.5. The number of rotatable bonds is 4. The minimum Gasteiger partial charge on any atom is -0.397 e. The van der Waals surface area contributed by atoms with Crippen molar-refractivity contribution in [2.75, 3.05) is 29.0 Å². The molecule has 4 rings (SSSR count). The number of nitrogens with zero attached hydrogens (tertiary/aromatic N) is 5. The number of nitrogens with one attached hydrogen (secondary N) is 1. The maximum Gasteiger partial charge on any atom is 0.420 e. The number of hydrogen-bond donors (Lipinski definition) is 3. The van der Waals surface area contributed by atoms with Crippen molar-refractivity contribution in [1.82, 2.24) is 19.9 Å². The van der Waals surface area contributed by atoms with Gasteiger partial charge >= 0.3 is 6.18 Å². The van der Waals surface area contributed by atoms with E-state index in [1.54, 1.807) is 12.1 Å². The van der Waals surface area contributed by atoms with E-state index in [1.807, 2.05) is 11.8 Å². The van der Waals surface area contributed by atoms with Crippen molar-refractivity contribution in [3.8, 4) is 11.3 Å². The standard InChI is InChI=1S/C22H23F3N8O/c1-21(27)4-9-33(10-5-21)15-3-2-6-30-18(15)16-13(26)11-31-19(17(16)22(23,24)25)32-20(34)14-12-28-7-8-29-14/h2-3,6-8,11-12H,4-5,9-10,26-27H2,1H3,(H,31,32,34). The largest absolute Gasteiger partial charge is 0.420 e. The number of alkyl halides is 3. The molecule has 34 heavy (non-hydrogen) atoms. The van der Waals surface area contributed by atoms with E-state index in [0.29, 0.717) is 31.6 Å². The van der Waals surface area contributed by atoms with Gasteiger partial charge in [0.1, 0.15) is 17.1 Å². The molecule has 5 N–H and O–H groups in total. The van der Waals surface area contributed by atoms with Crippen LogP contribution in [0.2, 0.25) is 0 Å². The van der Waals surface area contributed by atoms with Crippen LogP contribution in [0.15, 0.2) is 43.1 Å². The number of carbonyl (C=O) groups excluding carboxylic acids is 1. The van der Waals surface area contributed by atoms with E-state index in [-0.39, 0.29) is 28.2 Å². The van der Waals surface area contributed by atoms with E-state index in [4.69, 9.17) is 11.5 Å². The normalized spacial score (nSPS) is 15.7. The molecule has 1 amide bonds. The van der Waals surface area contributed by atoms with Gasteiger partial charge in [0.05, 0.1) is 29.5 Å². The highest BCUT2D eigenvalue weighted by atomic mass is 19.4. The highest BCUT2D eigenvalue weighted by molar-refractivity contribution is 6.03. The van der Waals surface area contributed by atoms with Gasteiger partial charge < -0.3 is 21.7 Å². The van der Waals surface area contributed by atoms with Gasteiger partial charge in [0.15, 0.2) is 0 Å². The van der Waals surface area contributed by atoms with Gasteiger partial charge in [-0.2, -0.15) is 13.2 Å². The first-order valence-corrected chi connectivity index (χ1v) is 10.5. The number of nitrogens with two attached hydrogens (primary N) is 2. The van der Waals surface area contributed by atoms with Crippen LogP contribution in [-0.2, 0) is 6.18 Å². The van der Waals surface area contributed by atoms with Crippen LogP contribution < -0.4 is 21.7 Å². The van der Waals surface area contributed by atoms with Crippen molar-refractivity contribution in [3.63, 3.8) is 0 Å². The Hall–Kier alpha value is -3.80. The number of nitrogen functional groups attached to an aromatic ring is 1. The number of amides is 1. The molecule has 0 aliphatic carbocycles. The fourth-order valence-corrected chi connectivity index (χ4v) is 3.84. The molecule has 1 fully saturated rings. The fraction of sp³-hybridized carbons (Fsp3) is 0.318. The first kappa shape index (κ1) is 23.4. The Labute approximate surface area is 193 Å². The molecule has 3 aromatic rings. The Balaban J connectivity index is 1.82. The molecule has 0 unspecified atom stereocenters. The molecule has 3 aromatic heterocycles. The van der Waals surface area contributed by atoms with E-state index in [9.17, 15) is 18.0 Å². The van der Waals surface area contributed by atoms with Crippen LogP contribution in [0.1, 0.15) is 35.8 Å². The maximum absolute atomic E-state index is 14.4. The second-order valence-electron chi connectivity index (χ2n) is 8.37. The summed E-state index contributed by atoms with van der Waals surface area (Å²) in [5, 5.41) is 2.19. The third-order valence-electron chi connectivity index (χ3n) is 5.69. The average Bonchev–Trinajstić information content (AvgIpc) is 2.80. The molecule has 1 saturated heterocycles. The van der Waals surface area contributed by atoms with Crippen molar-refractivity contribution in [1.29, 1.82) is 0 Å². The molecule has 0 bridgehead atoms. The molecule has 1 aliphatic rings. The summed E-state index contributed by atoms with van der Waals surface area (Å²) in [7, 11) is 0. The Morgan fingerprint density at radius 1 is 1.12 bits per heavy atom. The molecule has 0 aromatic carbocycles. The van der Waals surface area contributed by atoms with Gasteiger partial charge in [0.25, 0.3) is 5.91 Å². The third kappa shape index (κ3) is 4.76. The van der Waals surface area contributed by atoms with Crippen LogP contribution >= 0.6 is 0 Å². The lowest BCUT2D eigenvalue weighted by Crippen LogP contribution is -2.48. The summed E-state index contributed by atoms with van der Waals surface area (Å²) < 4.78 is 43.1. The van der Waals surface area contributed by atoms with Gasteiger partial charge in [-0.1, -0.05) is 0 Å². The SMILES string of the molecule is CC1(N)CCN(c2cccnc2-c2c(N)cnc(NC(=O)c3cnccn3)c2C(F)(F)F)CC1. The van der Waals surface area contributed by atoms with Crippen LogP contribution in [0.5, 0.6) is 0 Å². The van der Waals surface area contributed by atoms with Crippen molar-refractivity contribution in [2.24, 2.45) is 5.73 Å². The van der Waals surface area contributed by atoms with Gasteiger partial charge in [0.2, 0.25) is 0 Å². The predicted octanol–water partition coefficient (Wildman–Crippen LogP) is 3.10. The number of pyridine rings is 2. The summed E-state index contributed by atoms with van der Waals surface area (Å²) in [4.78, 5) is 30.1. The molecular weight excluding hydrogens is 449 g/mol. The molecule has 12 heteroatoms. The van der Waals surface area contributed by atoms with Gasteiger partial charge in [0, 0.05) is 42.8 Å². The quantitative estimate of drug-likeness (QED) is 0.527. The first-order valence-electron chi connectivity index (χ1n) is 10.5. The minimum atomic E-state index is -4.89. The van der Waals surface area contributed by atoms with E-state index in [1.165, 1.54) is 18.6 Å². The monoisotopic (exact) mass is 472 g/mol. The lowest BCUT2D eigenvalue weighted by molar-refractivity contribution is -0.136. The minimum absolute atomic E-state index is 0.0466. The molecule has 4 heterocycles. The lowest BCUT2D eigenvalue weighted by Gasteiger charge is -2.38. The van der Waals surface area contributed by atoms with Crippen molar-refractivity contribution in [3.05, 3.63) is 54.4 Å². The summed E-state index contributed by atoms with van der Waals surface area (Å²) in [6.45, 7) is 3.05. The number of hydrogen-bond acceptors (Lipinski definition) is 8. The fourth-order valence-electron chi connectivity index (χ4n) is 3.84. The zero-order valence-electron chi connectivity index (χ0n) is 18.3. The van der Waals surface area contributed by atoms with Crippen LogP contribution in [0.25, 0.3) is 11.3 Å². The molecule has 0 radical (unpaired) electrons. The predicted molar refractivity (Wildman–Crippen MR) is 121 cm³/mol. The second kappa shape index (κ2) is 8.86. The number of carbonyl (C=O) groups is 1. The van der Waals surface area contributed by atoms with E-state index in [2.05, 4.69) is 25.3 Å². The number of piperidine rings is 1. The average molecular weight is 472 g/mol. The van der Waals surface area contributed by atoms with Crippen LogP contribution in [0.4, 0.5) is 30.4 Å². The Kier molecular flexibility index (Phi) is 6.09. The van der Waals surface area contributed by atoms with Crippen LogP contribution in [0, 0.1) is 0 Å². The van der Waals surface area contributed by atoms with Crippen molar-refractivity contribution >= 4 is 23.1 Å². The third-order valence-corrected chi connectivity index (χ3v) is 5.69.